The van der Waals surface area contributed by atoms with E-state index in [1.165, 1.54) is 11.8 Å². The molecule has 0 saturated carbocycles. The minimum atomic E-state index is -0.104. The van der Waals surface area contributed by atoms with E-state index in [1.54, 1.807) is 0 Å². The number of terminal acetylenes is 1. The molecule has 0 aliphatic rings. The molecule has 1 N–H and O–H groups in total. The minimum absolute atomic E-state index is 0.104. The Morgan fingerprint density at radius 2 is 2.13 bits per heavy atom. The summed E-state index contributed by atoms with van der Waals surface area (Å²) in [5.41, 5.74) is 1.02. The summed E-state index contributed by atoms with van der Waals surface area (Å²) in [4.78, 5) is 11.7. The number of carbonyl (C=O) groups excluding carboxylic acids is 1. The second kappa shape index (κ2) is 8.39. The summed E-state index contributed by atoms with van der Waals surface area (Å²) >= 11 is 1.37. The first-order chi connectivity index (χ1) is 11.2. The Balaban J connectivity index is 2.22. The Morgan fingerprint density at radius 1 is 1.39 bits per heavy atom. The van der Waals surface area contributed by atoms with E-state index >= 15 is 0 Å². The predicted molar refractivity (Wildman–Crippen MR) is 93.0 cm³/mol. The van der Waals surface area contributed by atoms with Gasteiger partial charge in [-0.25, -0.2) is 0 Å². The van der Waals surface area contributed by atoms with Gasteiger partial charge < -0.3 is 5.32 Å². The van der Waals surface area contributed by atoms with Crippen LogP contribution in [0.15, 0.2) is 35.5 Å². The lowest BCUT2D eigenvalue weighted by molar-refractivity contribution is -0.118. The highest BCUT2D eigenvalue weighted by Crippen LogP contribution is 2.28. The van der Waals surface area contributed by atoms with Gasteiger partial charge >= 0.3 is 0 Å². The molecule has 1 heterocycles. The normalized spacial score (nSPS) is 11.7. The van der Waals surface area contributed by atoms with Crippen molar-refractivity contribution < 1.29 is 4.79 Å². The number of hydrogen-bond donors (Lipinski definition) is 1. The fraction of sp³-hybridized carbons (Fsp3) is 0.353. The van der Waals surface area contributed by atoms with E-state index in [4.69, 9.17) is 6.42 Å². The van der Waals surface area contributed by atoms with Crippen LogP contribution in [-0.2, 0) is 4.79 Å². The Labute approximate surface area is 140 Å². The van der Waals surface area contributed by atoms with Gasteiger partial charge in [-0.05, 0) is 13.3 Å². The zero-order chi connectivity index (χ0) is 16.7. The van der Waals surface area contributed by atoms with Crippen molar-refractivity contribution in [2.45, 2.75) is 31.5 Å². The molecule has 6 heteroatoms. The van der Waals surface area contributed by atoms with Crippen LogP contribution in [0.4, 0.5) is 0 Å². The zero-order valence-electron chi connectivity index (χ0n) is 13.3. The highest BCUT2D eigenvalue weighted by molar-refractivity contribution is 7.99. The topological polar surface area (TPSA) is 59.8 Å². The molecule has 1 aromatic heterocycles. The summed E-state index contributed by atoms with van der Waals surface area (Å²) in [6.07, 6.45) is 6.09. The number of rotatable bonds is 7. The van der Waals surface area contributed by atoms with E-state index in [9.17, 15) is 4.79 Å². The Morgan fingerprint density at radius 3 is 2.78 bits per heavy atom. The van der Waals surface area contributed by atoms with Crippen molar-refractivity contribution in [2.75, 3.05) is 12.3 Å². The quantitative estimate of drug-likeness (QED) is 0.627. The van der Waals surface area contributed by atoms with Crippen LogP contribution >= 0.6 is 11.8 Å². The van der Waals surface area contributed by atoms with E-state index in [0.717, 1.165) is 23.0 Å². The van der Waals surface area contributed by atoms with E-state index in [2.05, 4.69) is 39.8 Å². The SMILES string of the molecule is C#CCNC(=O)CSc1nnc(-c2ccccc2)n1[C@@H](C)CC. The highest BCUT2D eigenvalue weighted by Gasteiger charge is 2.18. The molecule has 0 bridgehead atoms. The summed E-state index contributed by atoms with van der Waals surface area (Å²) in [5, 5.41) is 12.0. The fourth-order valence-electron chi connectivity index (χ4n) is 2.07. The van der Waals surface area contributed by atoms with E-state index in [-0.39, 0.29) is 24.2 Å². The number of carbonyl (C=O) groups is 1. The molecule has 0 spiro atoms. The molecule has 23 heavy (non-hydrogen) atoms. The monoisotopic (exact) mass is 328 g/mol. The second-order valence-corrected chi connectivity index (χ2v) is 6.01. The number of nitrogens with zero attached hydrogens (tertiary/aromatic N) is 3. The summed E-state index contributed by atoms with van der Waals surface area (Å²) in [6, 6.07) is 10.2. The van der Waals surface area contributed by atoms with Gasteiger partial charge in [-0.1, -0.05) is 54.9 Å². The molecular weight excluding hydrogens is 308 g/mol. The number of nitrogens with one attached hydrogen (secondary N) is 1. The molecule has 0 fully saturated rings. The van der Waals surface area contributed by atoms with Crippen LogP contribution in [0.2, 0.25) is 0 Å². The maximum Gasteiger partial charge on any atom is 0.231 e. The molecule has 0 unspecified atom stereocenters. The number of amides is 1. The smallest absolute Gasteiger partial charge is 0.231 e. The molecule has 0 aliphatic heterocycles. The van der Waals surface area contributed by atoms with Crippen molar-refractivity contribution in [3.05, 3.63) is 30.3 Å². The highest BCUT2D eigenvalue weighted by atomic mass is 32.2. The summed E-state index contributed by atoms with van der Waals surface area (Å²) in [7, 11) is 0. The molecule has 1 atom stereocenters. The summed E-state index contributed by atoms with van der Waals surface area (Å²) in [5.74, 6) is 3.38. The van der Waals surface area contributed by atoms with Crippen LogP contribution in [0.3, 0.4) is 0 Å². The van der Waals surface area contributed by atoms with Crippen LogP contribution in [0.25, 0.3) is 11.4 Å². The predicted octanol–water partition coefficient (Wildman–Crippen LogP) is 2.76. The Hall–Kier alpha value is -2.26. The van der Waals surface area contributed by atoms with Gasteiger partial charge in [0.2, 0.25) is 5.91 Å². The fourth-order valence-corrected chi connectivity index (χ4v) is 2.94. The van der Waals surface area contributed by atoms with Gasteiger partial charge in [0.25, 0.3) is 0 Å². The molecule has 2 aromatic rings. The molecular formula is C17H20N4OS. The first-order valence-corrected chi connectivity index (χ1v) is 8.49. The summed E-state index contributed by atoms with van der Waals surface area (Å²) < 4.78 is 2.09. The van der Waals surface area contributed by atoms with Gasteiger partial charge in [0.15, 0.2) is 11.0 Å². The minimum Gasteiger partial charge on any atom is -0.344 e. The van der Waals surface area contributed by atoms with Crippen LogP contribution in [0.1, 0.15) is 26.3 Å². The van der Waals surface area contributed by atoms with E-state index in [1.807, 2.05) is 30.3 Å². The molecule has 5 nitrogen and oxygen atoms in total. The zero-order valence-corrected chi connectivity index (χ0v) is 14.1. The Bertz CT molecular complexity index is 690. The van der Waals surface area contributed by atoms with Crippen molar-refractivity contribution in [3.63, 3.8) is 0 Å². The van der Waals surface area contributed by atoms with Gasteiger partial charge in [-0.15, -0.1) is 16.6 Å². The van der Waals surface area contributed by atoms with Crippen LogP contribution in [0.5, 0.6) is 0 Å². The van der Waals surface area contributed by atoms with Crippen molar-refractivity contribution in [2.24, 2.45) is 0 Å². The first-order valence-electron chi connectivity index (χ1n) is 7.50. The third-order valence-electron chi connectivity index (χ3n) is 3.45. The average molecular weight is 328 g/mol. The number of hydrogen-bond acceptors (Lipinski definition) is 4. The van der Waals surface area contributed by atoms with Crippen LogP contribution < -0.4 is 5.32 Å². The molecule has 0 aliphatic carbocycles. The van der Waals surface area contributed by atoms with Crippen molar-refractivity contribution in [1.29, 1.82) is 0 Å². The third-order valence-corrected chi connectivity index (χ3v) is 4.39. The van der Waals surface area contributed by atoms with Crippen LogP contribution in [0, 0.1) is 12.3 Å². The molecule has 2 rings (SSSR count). The average Bonchev–Trinajstić information content (AvgIpc) is 3.02. The van der Waals surface area contributed by atoms with Gasteiger partial charge in [-0.2, -0.15) is 0 Å². The maximum atomic E-state index is 11.7. The maximum absolute atomic E-state index is 11.7. The Kier molecular flexibility index (Phi) is 6.24. The lowest BCUT2D eigenvalue weighted by Crippen LogP contribution is -2.25. The van der Waals surface area contributed by atoms with Crippen molar-refractivity contribution in [1.82, 2.24) is 20.1 Å². The van der Waals surface area contributed by atoms with Crippen LogP contribution in [-0.4, -0.2) is 33.0 Å². The van der Waals surface area contributed by atoms with Gasteiger partial charge in [-0.3, -0.25) is 9.36 Å². The molecule has 120 valence electrons. The number of benzene rings is 1. The van der Waals surface area contributed by atoms with Crippen molar-refractivity contribution >= 4 is 17.7 Å². The van der Waals surface area contributed by atoms with E-state index < -0.39 is 0 Å². The van der Waals surface area contributed by atoms with Crippen molar-refractivity contribution in [3.8, 4) is 23.7 Å². The largest absolute Gasteiger partial charge is 0.344 e. The third kappa shape index (κ3) is 4.36. The summed E-state index contributed by atoms with van der Waals surface area (Å²) in [6.45, 7) is 4.48. The van der Waals surface area contributed by atoms with Gasteiger partial charge in [0.05, 0.1) is 12.3 Å². The lowest BCUT2D eigenvalue weighted by atomic mass is 10.2. The number of thioether (sulfide) groups is 1. The van der Waals surface area contributed by atoms with E-state index in [0.29, 0.717) is 0 Å². The lowest BCUT2D eigenvalue weighted by Gasteiger charge is -2.16. The standard InChI is InChI=1S/C17H20N4OS/c1-4-11-18-15(22)12-23-17-20-19-16(21(17)13(3)5-2)14-9-7-6-8-10-14/h1,6-10,13H,5,11-12H2,2-3H3,(H,18,22)/t13-/m0/s1. The molecule has 0 radical (unpaired) electrons. The molecule has 1 aromatic carbocycles. The molecule has 1 amide bonds. The second-order valence-electron chi connectivity index (χ2n) is 5.07. The van der Waals surface area contributed by atoms with Gasteiger partial charge in [0, 0.05) is 11.6 Å². The first kappa shape index (κ1) is 17.1. The molecule has 0 saturated heterocycles. The van der Waals surface area contributed by atoms with Gasteiger partial charge in [0.1, 0.15) is 0 Å². The number of aromatic nitrogens is 3.